The standard InChI is InChI=1S/C22H31N3O3/c1-16-5-7-18(8-6-16)23-21(27)25-14-11-22(17(2)15-25)10-9-19(28-22)20(26)24-12-3-4-13-24/h5-8,17,19H,3-4,9-15H2,1-2H3,(H,23,27). The van der Waals surface area contributed by atoms with Gasteiger partial charge in [0, 0.05) is 37.8 Å². The highest BCUT2D eigenvalue weighted by atomic mass is 16.5. The van der Waals surface area contributed by atoms with E-state index in [1.54, 1.807) is 0 Å². The number of aryl methyl sites for hydroxylation is 1. The molecule has 0 radical (unpaired) electrons. The SMILES string of the molecule is Cc1ccc(NC(=O)N2CCC3(CCC(C(=O)N4CCCC4)O3)C(C)C2)cc1. The van der Waals surface area contributed by atoms with Gasteiger partial charge >= 0.3 is 6.03 Å². The first kappa shape index (κ1) is 19.2. The lowest BCUT2D eigenvalue weighted by Crippen LogP contribution is -2.54. The van der Waals surface area contributed by atoms with Gasteiger partial charge in [0.05, 0.1) is 5.60 Å². The number of benzene rings is 1. The molecule has 3 fully saturated rings. The molecular weight excluding hydrogens is 354 g/mol. The molecule has 3 aliphatic heterocycles. The Morgan fingerprint density at radius 3 is 2.46 bits per heavy atom. The third kappa shape index (κ3) is 3.75. The molecule has 0 saturated carbocycles. The quantitative estimate of drug-likeness (QED) is 0.849. The van der Waals surface area contributed by atoms with Crippen LogP contribution in [0.1, 0.15) is 44.6 Å². The number of carbonyl (C=O) groups excluding carboxylic acids is 2. The molecule has 1 N–H and O–H groups in total. The zero-order valence-electron chi connectivity index (χ0n) is 16.9. The number of hydrogen-bond donors (Lipinski definition) is 1. The number of amides is 3. The largest absolute Gasteiger partial charge is 0.362 e. The summed E-state index contributed by atoms with van der Waals surface area (Å²) in [6, 6.07) is 7.78. The second-order valence-corrected chi connectivity index (χ2v) is 8.64. The molecule has 6 nitrogen and oxygen atoms in total. The Balaban J connectivity index is 1.34. The van der Waals surface area contributed by atoms with E-state index in [2.05, 4.69) is 12.2 Å². The van der Waals surface area contributed by atoms with Crippen LogP contribution in [0.5, 0.6) is 0 Å². The van der Waals surface area contributed by atoms with Gasteiger partial charge in [-0.2, -0.15) is 0 Å². The summed E-state index contributed by atoms with van der Waals surface area (Å²) in [5.41, 5.74) is 1.72. The van der Waals surface area contributed by atoms with Gasteiger partial charge in [-0.1, -0.05) is 24.6 Å². The lowest BCUT2D eigenvalue weighted by molar-refractivity contribution is -0.154. The molecule has 4 rings (SSSR count). The van der Waals surface area contributed by atoms with Crippen LogP contribution < -0.4 is 5.32 Å². The van der Waals surface area contributed by atoms with Crippen LogP contribution in [0, 0.1) is 12.8 Å². The Hall–Kier alpha value is -2.08. The Kier molecular flexibility index (Phi) is 5.32. The highest BCUT2D eigenvalue weighted by molar-refractivity contribution is 5.89. The van der Waals surface area contributed by atoms with Crippen molar-refractivity contribution in [2.45, 2.75) is 57.7 Å². The van der Waals surface area contributed by atoms with Crippen LogP contribution in [-0.4, -0.2) is 59.6 Å². The monoisotopic (exact) mass is 385 g/mol. The molecular formula is C22H31N3O3. The van der Waals surface area contributed by atoms with Crippen molar-refractivity contribution in [3.63, 3.8) is 0 Å². The molecule has 1 aromatic rings. The number of anilines is 1. The van der Waals surface area contributed by atoms with Crippen molar-refractivity contribution in [3.05, 3.63) is 29.8 Å². The van der Waals surface area contributed by atoms with Gasteiger partial charge in [0.15, 0.2) is 0 Å². The molecule has 1 aromatic carbocycles. The molecule has 152 valence electrons. The van der Waals surface area contributed by atoms with E-state index in [1.165, 1.54) is 5.56 Å². The number of carbonyl (C=O) groups is 2. The highest BCUT2D eigenvalue weighted by Gasteiger charge is 2.50. The lowest BCUT2D eigenvalue weighted by Gasteiger charge is -2.44. The maximum Gasteiger partial charge on any atom is 0.321 e. The lowest BCUT2D eigenvalue weighted by atomic mass is 9.80. The summed E-state index contributed by atoms with van der Waals surface area (Å²) < 4.78 is 6.39. The van der Waals surface area contributed by atoms with Gasteiger partial charge < -0.3 is 19.9 Å². The van der Waals surface area contributed by atoms with Gasteiger partial charge in [0.25, 0.3) is 5.91 Å². The first-order valence-corrected chi connectivity index (χ1v) is 10.6. The number of ether oxygens (including phenoxy) is 1. The van der Waals surface area contributed by atoms with Crippen LogP contribution in [0.3, 0.4) is 0 Å². The highest BCUT2D eigenvalue weighted by Crippen LogP contribution is 2.43. The van der Waals surface area contributed by atoms with E-state index in [9.17, 15) is 9.59 Å². The average Bonchev–Trinajstić information content (AvgIpc) is 3.36. The summed E-state index contributed by atoms with van der Waals surface area (Å²) in [4.78, 5) is 29.2. The van der Waals surface area contributed by atoms with Gasteiger partial charge in [-0.3, -0.25) is 4.79 Å². The van der Waals surface area contributed by atoms with Crippen LogP contribution in [0.2, 0.25) is 0 Å². The first-order chi connectivity index (χ1) is 13.5. The van der Waals surface area contributed by atoms with Crippen LogP contribution in [0.15, 0.2) is 24.3 Å². The third-order valence-electron chi connectivity index (χ3n) is 6.69. The molecule has 3 heterocycles. The zero-order valence-corrected chi connectivity index (χ0v) is 16.9. The van der Waals surface area contributed by atoms with Crippen molar-refractivity contribution >= 4 is 17.6 Å². The van der Waals surface area contributed by atoms with E-state index < -0.39 is 0 Å². The van der Waals surface area contributed by atoms with Crippen molar-refractivity contribution in [2.24, 2.45) is 5.92 Å². The van der Waals surface area contributed by atoms with E-state index in [4.69, 9.17) is 4.74 Å². The van der Waals surface area contributed by atoms with Crippen molar-refractivity contribution in [1.29, 1.82) is 0 Å². The number of likely N-dealkylation sites (tertiary alicyclic amines) is 2. The predicted octanol–water partition coefficient (Wildman–Crippen LogP) is 3.41. The molecule has 0 aliphatic carbocycles. The fourth-order valence-electron chi connectivity index (χ4n) is 4.82. The Morgan fingerprint density at radius 2 is 1.79 bits per heavy atom. The molecule has 6 heteroatoms. The molecule has 28 heavy (non-hydrogen) atoms. The third-order valence-corrected chi connectivity index (χ3v) is 6.69. The van der Waals surface area contributed by atoms with E-state index in [-0.39, 0.29) is 29.6 Å². The number of nitrogens with zero attached hydrogens (tertiary/aromatic N) is 2. The second-order valence-electron chi connectivity index (χ2n) is 8.64. The van der Waals surface area contributed by atoms with E-state index in [1.807, 2.05) is 41.0 Å². The average molecular weight is 386 g/mol. The molecule has 0 bridgehead atoms. The smallest absolute Gasteiger partial charge is 0.321 e. The number of nitrogens with one attached hydrogen (secondary N) is 1. The van der Waals surface area contributed by atoms with Gasteiger partial charge in [-0.15, -0.1) is 0 Å². The van der Waals surface area contributed by atoms with Crippen molar-refractivity contribution < 1.29 is 14.3 Å². The van der Waals surface area contributed by atoms with E-state index in [0.717, 1.165) is 50.9 Å². The predicted molar refractivity (Wildman–Crippen MR) is 108 cm³/mol. The normalized spacial score (nSPS) is 30.1. The summed E-state index contributed by atoms with van der Waals surface area (Å²) in [5.74, 6) is 0.377. The molecule has 3 atom stereocenters. The molecule has 3 amide bonds. The van der Waals surface area contributed by atoms with Gasteiger partial charge in [-0.25, -0.2) is 4.79 Å². The molecule has 3 aliphatic rings. The number of piperidine rings is 1. The first-order valence-electron chi connectivity index (χ1n) is 10.6. The Labute approximate surface area is 167 Å². The van der Waals surface area contributed by atoms with Gasteiger partial charge in [0.2, 0.25) is 0 Å². The van der Waals surface area contributed by atoms with Crippen molar-refractivity contribution in [1.82, 2.24) is 9.80 Å². The Morgan fingerprint density at radius 1 is 1.07 bits per heavy atom. The number of hydrogen-bond acceptors (Lipinski definition) is 3. The zero-order chi connectivity index (χ0) is 19.7. The maximum atomic E-state index is 12.7. The minimum Gasteiger partial charge on any atom is -0.362 e. The van der Waals surface area contributed by atoms with Crippen LogP contribution >= 0.6 is 0 Å². The molecule has 3 saturated heterocycles. The summed E-state index contributed by atoms with van der Waals surface area (Å²) >= 11 is 0. The summed E-state index contributed by atoms with van der Waals surface area (Å²) in [5, 5.41) is 2.99. The van der Waals surface area contributed by atoms with Gasteiger partial charge in [-0.05, 0) is 51.2 Å². The van der Waals surface area contributed by atoms with Crippen LogP contribution in [0.25, 0.3) is 0 Å². The summed E-state index contributed by atoms with van der Waals surface area (Å²) in [7, 11) is 0. The van der Waals surface area contributed by atoms with Crippen molar-refractivity contribution in [3.8, 4) is 0 Å². The molecule has 0 aromatic heterocycles. The number of rotatable bonds is 2. The summed E-state index contributed by atoms with van der Waals surface area (Å²) in [6.45, 7) is 7.23. The molecule has 3 unspecified atom stereocenters. The minimum atomic E-state index is -0.298. The fraction of sp³-hybridized carbons (Fsp3) is 0.636. The Bertz CT molecular complexity index is 729. The second kappa shape index (κ2) is 7.74. The fourth-order valence-corrected chi connectivity index (χ4v) is 4.82. The van der Waals surface area contributed by atoms with Gasteiger partial charge in [0.1, 0.15) is 6.10 Å². The van der Waals surface area contributed by atoms with Crippen LogP contribution in [0.4, 0.5) is 10.5 Å². The van der Waals surface area contributed by atoms with Crippen LogP contribution in [-0.2, 0) is 9.53 Å². The maximum absolute atomic E-state index is 12.7. The summed E-state index contributed by atoms with van der Waals surface area (Å²) in [6.07, 6.45) is 4.41. The number of urea groups is 1. The molecule has 1 spiro atoms. The van der Waals surface area contributed by atoms with Crippen molar-refractivity contribution in [2.75, 3.05) is 31.5 Å². The minimum absolute atomic E-state index is 0.0618. The van der Waals surface area contributed by atoms with E-state index >= 15 is 0 Å². The topological polar surface area (TPSA) is 61.9 Å². The van der Waals surface area contributed by atoms with E-state index in [0.29, 0.717) is 13.1 Å².